The van der Waals surface area contributed by atoms with Gasteiger partial charge in [-0.15, -0.1) is 0 Å². The third-order valence-corrected chi connectivity index (χ3v) is 6.69. The molecule has 37 heavy (non-hydrogen) atoms. The minimum absolute atomic E-state index is 0.126. The fraction of sp³-hybridized carbons (Fsp3) is 0.179. The van der Waals surface area contributed by atoms with Crippen molar-refractivity contribution in [3.8, 4) is 11.4 Å². The number of nitrogens with one attached hydrogen (secondary N) is 2. The van der Waals surface area contributed by atoms with Crippen LogP contribution in [0.25, 0.3) is 5.69 Å². The molecule has 1 fully saturated rings. The van der Waals surface area contributed by atoms with Crippen LogP contribution in [0.2, 0.25) is 0 Å². The van der Waals surface area contributed by atoms with E-state index in [-0.39, 0.29) is 30.1 Å². The Hall–Kier alpha value is -4.24. The Morgan fingerprint density at radius 2 is 1.95 bits per heavy atom. The number of anilines is 1. The minimum atomic E-state index is -0.474. The molecule has 2 N–H and O–H groups in total. The molecule has 2 atom stereocenters. The number of hydrogen-bond donors (Lipinski definition) is 2. The number of aromatic nitrogens is 2. The fourth-order valence-corrected chi connectivity index (χ4v) is 4.93. The van der Waals surface area contributed by atoms with E-state index in [4.69, 9.17) is 17.0 Å². The molecule has 0 spiro atoms. The van der Waals surface area contributed by atoms with Gasteiger partial charge >= 0.3 is 0 Å². The van der Waals surface area contributed by atoms with Gasteiger partial charge in [0, 0.05) is 42.8 Å². The first-order valence-electron chi connectivity index (χ1n) is 11.9. The van der Waals surface area contributed by atoms with E-state index >= 15 is 0 Å². The van der Waals surface area contributed by atoms with E-state index in [1.165, 1.54) is 12.1 Å². The summed E-state index contributed by atoms with van der Waals surface area (Å²) in [5.74, 6) is -0.0188. The Kier molecular flexibility index (Phi) is 7.14. The Bertz CT molecular complexity index is 1410. The van der Waals surface area contributed by atoms with Gasteiger partial charge in [-0.05, 0) is 60.7 Å². The highest BCUT2D eigenvalue weighted by Gasteiger charge is 2.41. The van der Waals surface area contributed by atoms with Crippen LogP contribution in [0.1, 0.15) is 29.9 Å². The Morgan fingerprint density at radius 1 is 1.11 bits per heavy atom. The number of amides is 1. The van der Waals surface area contributed by atoms with Gasteiger partial charge in [0.15, 0.2) is 5.11 Å². The van der Waals surface area contributed by atoms with Gasteiger partial charge in [0.1, 0.15) is 11.6 Å². The van der Waals surface area contributed by atoms with Crippen molar-refractivity contribution < 1.29 is 13.9 Å². The van der Waals surface area contributed by atoms with Crippen molar-refractivity contribution in [2.45, 2.75) is 18.5 Å². The lowest BCUT2D eigenvalue weighted by atomic mass is 10.0. The second kappa shape index (κ2) is 10.8. The summed E-state index contributed by atoms with van der Waals surface area (Å²) in [6.45, 7) is 0.337. The number of thiocarbonyl (C=S) groups is 1. The Morgan fingerprint density at radius 3 is 2.73 bits per heavy atom. The lowest BCUT2D eigenvalue weighted by molar-refractivity contribution is -0.116. The van der Waals surface area contributed by atoms with Crippen LogP contribution in [-0.4, -0.2) is 39.1 Å². The number of methoxy groups -OCH3 is 1. The van der Waals surface area contributed by atoms with Crippen LogP contribution in [0.4, 0.5) is 10.1 Å². The topological polar surface area (TPSA) is 71.4 Å². The minimum Gasteiger partial charge on any atom is -0.497 e. The summed E-state index contributed by atoms with van der Waals surface area (Å²) in [5.41, 5.74) is 2.91. The highest BCUT2D eigenvalue weighted by atomic mass is 32.1. The molecule has 0 saturated carbocycles. The van der Waals surface area contributed by atoms with Crippen LogP contribution >= 0.6 is 12.2 Å². The van der Waals surface area contributed by atoms with Gasteiger partial charge in [0.2, 0.25) is 5.91 Å². The molecule has 5 rings (SSSR count). The molecule has 2 aromatic carbocycles. The first kappa shape index (κ1) is 24.5. The predicted molar refractivity (Wildman–Crippen MR) is 144 cm³/mol. The number of halogens is 1. The SMILES string of the molecule is COc1cccc(-n2cccc2[C@H]2[C@@H](c3ccccn3)NC(=S)N2CCC(=O)Nc2ccccc2F)c1. The van der Waals surface area contributed by atoms with Gasteiger partial charge in [-0.2, -0.15) is 0 Å². The average Bonchev–Trinajstić information content (AvgIpc) is 3.53. The van der Waals surface area contributed by atoms with Gasteiger partial charge in [-0.3, -0.25) is 9.78 Å². The van der Waals surface area contributed by atoms with Gasteiger partial charge in [0.05, 0.1) is 30.6 Å². The van der Waals surface area contributed by atoms with Crippen LogP contribution < -0.4 is 15.4 Å². The van der Waals surface area contributed by atoms with Crippen molar-refractivity contribution in [3.05, 3.63) is 108 Å². The molecule has 1 aliphatic rings. The standard InChI is InChI=1S/C28H26FN5O2S/c1-36-20-9-6-8-19(18-20)33-16-7-13-24(33)27-26(23-12-4-5-15-30-23)32-28(37)34(27)17-14-25(35)31-22-11-3-2-10-21(22)29/h2-13,15-16,18,26-27H,14,17H2,1H3,(H,31,35)(H,32,37)/t26-,27+/m1/s1. The van der Waals surface area contributed by atoms with Crippen molar-refractivity contribution in [2.75, 3.05) is 19.0 Å². The van der Waals surface area contributed by atoms with E-state index in [9.17, 15) is 9.18 Å². The van der Waals surface area contributed by atoms with E-state index in [0.29, 0.717) is 11.7 Å². The third kappa shape index (κ3) is 5.17. The van der Waals surface area contributed by atoms with E-state index in [0.717, 1.165) is 22.8 Å². The molecule has 1 aliphatic heterocycles. The first-order chi connectivity index (χ1) is 18.0. The molecular weight excluding hydrogens is 489 g/mol. The number of hydrogen-bond acceptors (Lipinski definition) is 4. The van der Waals surface area contributed by atoms with Crippen LogP contribution in [0, 0.1) is 5.82 Å². The number of para-hydroxylation sites is 1. The molecule has 188 valence electrons. The second-order valence-electron chi connectivity index (χ2n) is 8.60. The fourth-order valence-electron chi connectivity index (χ4n) is 4.60. The largest absolute Gasteiger partial charge is 0.497 e. The monoisotopic (exact) mass is 515 g/mol. The zero-order chi connectivity index (χ0) is 25.8. The number of nitrogens with zero attached hydrogens (tertiary/aromatic N) is 3. The van der Waals surface area contributed by atoms with E-state index in [1.54, 1.807) is 25.4 Å². The van der Waals surface area contributed by atoms with E-state index in [2.05, 4.69) is 20.2 Å². The van der Waals surface area contributed by atoms with Crippen molar-refractivity contribution in [1.82, 2.24) is 19.8 Å². The zero-order valence-electron chi connectivity index (χ0n) is 20.2. The highest BCUT2D eigenvalue weighted by molar-refractivity contribution is 7.80. The van der Waals surface area contributed by atoms with Gasteiger partial charge in [-0.1, -0.05) is 24.3 Å². The number of ether oxygens (including phenoxy) is 1. The molecule has 0 radical (unpaired) electrons. The Labute approximate surface area is 219 Å². The number of carbonyl (C=O) groups is 1. The first-order valence-corrected chi connectivity index (χ1v) is 12.3. The molecule has 0 aliphatic carbocycles. The summed E-state index contributed by atoms with van der Waals surface area (Å²) >= 11 is 5.74. The van der Waals surface area contributed by atoms with Crippen molar-refractivity contribution in [3.63, 3.8) is 0 Å². The summed E-state index contributed by atoms with van der Waals surface area (Å²) in [6, 6.07) is 23.2. The predicted octanol–water partition coefficient (Wildman–Crippen LogP) is 5.02. The quantitative estimate of drug-likeness (QED) is 0.321. The maximum atomic E-state index is 14.0. The average molecular weight is 516 g/mol. The second-order valence-corrected chi connectivity index (χ2v) is 8.99. The van der Waals surface area contributed by atoms with Gasteiger partial charge < -0.3 is 24.8 Å². The van der Waals surface area contributed by atoms with Gasteiger partial charge in [-0.25, -0.2) is 4.39 Å². The normalized spacial score (nSPS) is 16.9. The van der Waals surface area contributed by atoms with Crippen molar-refractivity contribution in [1.29, 1.82) is 0 Å². The molecule has 4 aromatic rings. The molecule has 1 amide bonds. The zero-order valence-corrected chi connectivity index (χ0v) is 21.0. The third-order valence-electron chi connectivity index (χ3n) is 6.34. The summed E-state index contributed by atoms with van der Waals surface area (Å²) in [4.78, 5) is 19.3. The molecular formula is C28H26FN5O2S. The summed E-state index contributed by atoms with van der Waals surface area (Å²) in [7, 11) is 1.64. The van der Waals surface area contributed by atoms with E-state index in [1.807, 2.05) is 65.7 Å². The molecule has 3 heterocycles. The number of benzene rings is 2. The molecule has 0 bridgehead atoms. The molecule has 7 nitrogen and oxygen atoms in total. The number of pyridine rings is 1. The Balaban J connectivity index is 1.45. The smallest absolute Gasteiger partial charge is 0.226 e. The van der Waals surface area contributed by atoms with Gasteiger partial charge in [0.25, 0.3) is 0 Å². The summed E-state index contributed by atoms with van der Waals surface area (Å²) in [5, 5.41) is 6.59. The maximum absolute atomic E-state index is 14.0. The number of rotatable bonds is 8. The van der Waals surface area contributed by atoms with Crippen LogP contribution in [-0.2, 0) is 4.79 Å². The van der Waals surface area contributed by atoms with Crippen LogP contribution in [0.5, 0.6) is 5.75 Å². The van der Waals surface area contributed by atoms with Crippen LogP contribution in [0.3, 0.4) is 0 Å². The summed E-state index contributed by atoms with van der Waals surface area (Å²) < 4.78 is 21.5. The van der Waals surface area contributed by atoms with Crippen molar-refractivity contribution >= 4 is 28.9 Å². The maximum Gasteiger partial charge on any atom is 0.226 e. The highest BCUT2D eigenvalue weighted by Crippen LogP contribution is 2.39. The molecule has 9 heteroatoms. The molecule has 1 saturated heterocycles. The summed E-state index contributed by atoms with van der Waals surface area (Å²) in [6.07, 6.45) is 3.87. The molecule has 2 aromatic heterocycles. The van der Waals surface area contributed by atoms with Crippen LogP contribution in [0.15, 0.2) is 91.3 Å². The van der Waals surface area contributed by atoms with Crippen molar-refractivity contribution in [2.24, 2.45) is 0 Å². The lowest BCUT2D eigenvalue weighted by Crippen LogP contribution is -2.33. The molecule has 0 unspecified atom stereocenters. The van der Waals surface area contributed by atoms with E-state index < -0.39 is 5.82 Å². The number of carbonyl (C=O) groups excluding carboxylic acids is 1. The lowest BCUT2D eigenvalue weighted by Gasteiger charge is -2.29.